The van der Waals surface area contributed by atoms with E-state index in [-0.39, 0.29) is 24.1 Å². The lowest BCUT2D eigenvalue weighted by atomic mass is 9.91. The molecule has 3 heterocycles. The standard InChI is InChI=1S/C20H29N3O4/c1-2-3-4-6-12-23-16-20(27-19(23)26)9-13-21(14-10-20)18(25)15-22-11-7-5-8-17(22)24/h5,7-8,11H,2-4,6,9-10,12-16H2,1H3. The smallest absolute Gasteiger partial charge is 0.410 e. The molecule has 2 saturated heterocycles. The third-order valence-corrected chi connectivity index (χ3v) is 5.55. The van der Waals surface area contributed by atoms with Crippen molar-refractivity contribution in [3.05, 3.63) is 34.7 Å². The number of nitrogens with zero attached hydrogens (tertiary/aromatic N) is 3. The van der Waals surface area contributed by atoms with Gasteiger partial charge in [-0.2, -0.15) is 0 Å². The highest BCUT2D eigenvalue weighted by Gasteiger charge is 2.47. The number of carbonyl (C=O) groups is 2. The van der Waals surface area contributed by atoms with Crippen molar-refractivity contribution in [1.29, 1.82) is 0 Å². The number of pyridine rings is 1. The van der Waals surface area contributed by atoms with E-state index in [4.69, 9.17) is 4.74 Å². The van der Waals surface area contributed by atoms with Gasteiger partial charge in [-0.1, -0.05) is 32.3 Å². The number of amides is 2. The Kier molecular flexibility index (Phi) is 6.19. The molecule has 0 aliphatic carbocycles. The Morgan fingerprint density at radius 1 is 1.15 bits per heavy atom. The van der Waals surface area contributed by atoms with Crippen LogP contribution in [0.1, 0.15) is 45.4 Å². The molecule has 27 heavy (non-hydrogen) atoms. The summed E-state index contributed by atoms with van der Waals surface area (Å²) in [5, 5.41) is 0. The third-order valence-electron chi connectivity index (χ3n) is 5.55. The molecule has 0 unspecified atom stereocenters. The van der Waals surface area contributed by atoms with Crippen molar-refractivity contribution in [3.8, 4) is 0 Å². The van der Waals surface area contributed by atoms with Crippen molar-refractivity contribution in [2.24, 2.45) is 0 Å². The van der Waals surface area contributed by atoms with Crippen molar-refractivity contribution >= 4 is 12.0 Å². The van der Waals surface area contributed by atoms with Gasteiger partial charge in [0.15, 0.2) is 0 Å². The van der Waals surface area contributed by atoms with Crippen LogP contribution < -0.4 is 5.56 Å². The van der Waals surface area contributed by atoms with Crippen LogP contribution in [0.5, 0.6) is 0 Å². The summed E-state index contributed by atoms with van der Waals surface area (Å²) in [6.07, 6.45) is 7.22. The zero-order valence-electron chi connectivity index (χ0n) is 16.1. The first-order chi connectivity index (χ1) is 13.0. The normalized spacial score (nSPS) is 18.8. The predicted molar refractivity (Wildman–Crippen MR) is 101 cm³/mol. The molecule has 3 rings (SSSR count). The molecule has 2 aliphatic rings. The molecule has 0 radical (unpaired) electrons. The highest BCUT2D eigenvalue weighted by atomic mass is 16.6. The molecule has 0 saturated carbocycles. The zero-order valence-corrected chi connectivity index (χ0v) is 16.1. The van der Waals surface area contributed by atoms with Gasteiger partial charge < -0.3 is 19.1 Å². The van der Waals surface area contributed by atoms with Crippen LogP contribution in [-0.4, -0.2) is 58.1 Å². The van der Waals surface area contributed by atoms with Crippen LogP contribution in [-0.2, 0) is 16.1 Å². The number of rotatable bonds is 7. The lowest BCUT2D eigenvalue weighted by molar-refractivity contribution is -0.135. The van der Waals surface area contributed by atoms with Crippen LogP contribution in [0.3, 0.4) is 0 Å². The molecule has 148 valence electrons. The molecular weight excluding hydrogens is 346 g/mol. The SMILES string of the molecule is CCCCCCN1CC2(CCN(C(=O)Cn3ccccc3=O)CC2)OC1=O. The van der Waals surface area contributed by atoms with Gasteiger partial charge >= 0.3 is 6.09 Å². The lowest BCUT2D eigenvalue weighted by Crippen LogP contribution is -2.49. The monoisotopic (exact) mass is 375 g/mol. The van der Waals surface area contributed by atoms with E-state index in [1.54, 1.807) is 23.2 Å². The van der Waals surface area contributed by atoms with Gasteiger partial charge in [0.25, 0.3) is 5.56 Å². The minimum atomic E-state index is -0.456. The number of unbranched alkanes of at least 4 members (excludes halogenated alkanes) is 3. The fourth-order valence-corrected chi connectivity index (χ4v) is 3.86. The van der Waals surface area contributed by atoms with Gasteiger partial charge in [0, 0.05) is 44.7 Å². The number of hydrogen-bond donors (Lipinski definition) is 0. The van der Waals surface area contributed by atoms with E-state index in [1.165, 1.54) is 23.5 Å². The van der Waals surface area contributed by atoms with Gasteiger partial charge in [0.1, 0.15) is 12.1 Å². The Hall–Kier alpha value is -2.31. The summed E-state index contributed by atoms with van der Waals surface area (Å²) >= 11 is 0. The summed E-state index contributed by atoms with van der Waals surface area (Å²) in [4.78, 5) is 40.0. The van der Waals surface area contributed by atoms with Gasteiger partial charge in [-0.3, -0.25) is 9.59 Å². The number of aromatic nitrogens is 1. The minimum Gasteiger partial charge on any atom is -0.441 e. The van der Waals surface area contributed by atoms with Crippen LogP contribution in [0.25, 0.3) is 0 Å². The van der Waals surface area contributed by atoms with Gasteiger partial charge in [-0.25, -0.2) is 4.79 Å². The fraction of sp³-hybridized carbons (Fsp3) is 0.650. The first-order valence-corrected chi connectivity index (χ1v) is 9.94. The van der Waals surface area contributed by atoms with Crippen molar-refractivity contribution < 1.29 is 14.3 Å². The molecule has 2 amide bonds. The molecule has 2 fully saturated rings. The van der Waals surface area contributed by atoms with E-state index in [0.29, 0.717) is 32.5 Å². The third kappa shape index (κ3) is 4.70. The molecule has 1 aromatic rings. The second-order valence-corrected chi connectivity index (χ2v) is 7.58. The van der Waals surface area contributed by atoms with Crippen molar-refractivity contribution in [3.63, 3.8) is 0 Å². The number of ether oxygens (including phenoxy) is 1. The van der Waals surface area contributed by atoms with E-state index in [9.17, 15) is 14.4 Å². The van der Waals surface area contributed by atoms with Crippen LogP contribution in [0.15, 0.2) is 29.2 Å². The number of hydrogen-bond acceptors (Lipinski definition) is 4. The summed E-state index contributed by atoms with van der Waals surface area (Å²) in [7, 11) is 0. The van der Waals surface area contributed by atoms with E-state index in [0.717, 1.165) is 19.4 Å². The van der Waals surface area contributed by atoms with E-state index in [1.807, 2.05) is 4.90 Å². The summed E-state index contributed by atoms with van der Waals surface area (Å²) in [6, 6.07) is 4.86. The van der Waals surface area contributed by atoms with Crippen LogP contribution in [0, 0.1) is 0 Å². The molecule has 7 nitrogen and oxygen atoms in total. The summed E-state index contributed by atoms with van der Waals surface area (Å²) in [6.45, 7) is 4.70. The second kappa shape index (κ2) is 8.59. The van der Waals surface area contributed by atoms with Crippen LogP contribution in [0.4, 0.5) is 4.79 Å². The molecule has 0 atom stereocenters. The van der Waals surface area contributed by atoms with Crippen molar-refractivity contribution in [2.75, 3.05) is 26.2 Å². The lowest BCUT2D eigenvalue weighted by Gasteiger charge is -2.37. The molecule has 0 bridgehead atoms. The van der Waals surface area contributed by atoms with Crippen LogP contribution >= 0.6 is 0 Å². The largest absolute Gasteiger partial charge is 0.441 e. The Morgan fingerprint density at radius 3 is 2.63 bits per heavy atom. The molecule has 7 heteroatoms. The first kappa shape index (κ1) is 19.5. The van der Waals surface area contributed by atoms with Crippen molar-refractivity contribution in [1.82, 2.24) is 14.4 Å². The second-order valence-electron chi connectivity index (χ2n) is 7.58. The fourth-order valence-electron chi connectivity index (χ4n) is 3.86. The van der Waals surface area contributed by atoms with Crippen LogP contribution in [0.2, 0.25) is 0 Å². The van der Waals surface area contributed by atoms with E-state index < -0.39 is 5.60 Å². The summed E-state index contributed by atoms with van der Waals surface area (Å²) in [5.41, 5.74) is -0.634. The maximum Gasteiger partial charge on any atom is 0.410 e. The molecular formula is C20H29N3O4. The van der Waals surface area contributed by atoms with Crippen molar-refractivity contribution in [2.45, 2.75) is 57.6 Å². The first-order valence-electron chi connectivity index (χ1n) is 9.94. The van der Waals surface area contributed by atoms with Gasteiger partial charge in [0.05, 0.1) is 6.54 Å². The Morgan fingerprint density at radius 2 is 1.93 bits per heavy atom. The van der Waals surface area contributed by atoms with Gasteiger partial charge in [-0.15, -0.1) is 0 Å². The molecule has 1 aromatic heterocycles. The highest BCUT2D eigenvalue weighted by Crippen LogP contribution is 2.33. The Balaban J connectivity index is 1.49. The molecule has 2 aliphatic heterocycles. The van der Waals surface area contributed by atoms with Gasteiger partial charge in [-0.05, 0) is 12.5 Å². The average Bonchev–Trinajstić information content (AvgIpc) is 2.96. The topological polar surface area (TPSA) is 71.8 Å². The summed E-state index contributed by atoms with van der Waals surface area (Å²) < 4.78 is 7.14. The molecule has 1 spiro atoms. The molecule has 0 N–H and O–H groups in total. The van der Waals surface area contributed by atoms with Gasteiger partial charge in [0.2, 0.25) is 5.91 Å². The number of carbonyl (C=O) groups excluding carboxylic acids is 2. The maximum atomic E-state index is 12.5. The minimum absolute atomic E-state index is 0.0516. The molecule has 0 aromatic carbocycles. The van der Waals surface area contributed by atoms with E-state index in [2.05, 4.69) is 6.92 Å². The Bertz CT molecular complexity index is 722. The number of piperidine rings is 1. The predicted octanol–water partition coefficient (Wildman–Crippen LogP) is 2.24. The zero-order chi connectivity index (χ0) is 19.3. The van der Waals surface area contributed by atoms with E-state index >= 15 is 0 Å². The number of likely N-dealkylation sites (tertiary alicyclic amines) is 1. The Labute approximate surface area is 159 Å². The average molecular weight is 375 g/mol. The highest BCUT2D eigenvalue weighted by molar-refractivity contribution is 5.76. The maximum absolute atomic E-state index is 12.5. The quantitative estimate of drug-likeness (QED) is 0.685. The summed E-state index contributed by atoms with van der Waals surface area (Å²) in [5.74, 6) is -0.0705.